The van der Waals surface area contributed by atoms with E-state index in [9.17, 15) is 4.79 Å². The smallest absolute Gasteiger partial charge is 0.278 e. The number of piperazine rings is 1. The monoisotopic (exact) mass is 362 g/mol. The Kier molecular flexibility index (Phi) is 5.55. The van der Waals surface area contributed by atoms with Crippen LogP contribution in [0.4, 0.5) is 11.5 Å². The average Bonchev–Trinajstić information content (AvgIpc) is 3.04. The van der Waals surface area contributed by atoms with Crippen molar-refractivity contribution in [1.82, 2.24) is 25.2 Å². The fourth-order valence-electron chi connectivity index (χ4n) is 2.94. The molecule has 0 bridgehead atoms. The molecule has 1 fully saturated rings. The van der Waals surface area contributed by atoms with Crippen molar-refractivity contribution in [3.05, 3.63) is 35.0 Å². The normalized spacial score (nSPS) is 15.6. The number of nitrogens with zero attached hydrogens (tertiary/aromatic N) is 4. The van der Waals surface area contributed by atoms with E-state index in [-0.39, 0.29) is 5.91 Å². The van der Waals surface area contributed by atoms with E-state index in [4.69, 9.17) is 11.6 Å². The number of carbonyl (C=O) groups is 1. The third-order valence-electron chi connectivity index (χ3n) is 4.14. The Morgan fingerprint density at radius 1 is 1.20 bits per heavy atom. The fraction of sp³-hybridized carbons (Fsp3) is 0.471. The first kappa shape index (κ1) is 17.7. The summed E-state index contributed by atoms with van der Waals surface area (Å²) in [4.78, 5) is 17.0. The molecule has 1 amide bonds. The predicted octanol–water partition coefficient (Wildman–Crippen LogP) is 2.62. The highest BCUT2D eigenvalue weighted by Gasteiger charge is 2.26. The van der Waals surface area contributed by atoms with E-state index in [2.05, 4.69) is 39.5 Å². The number of benzene rings is 1. The molecule has 1 aromatic heterocycles. The van der Waals surface area contributed by atoms with Gasteiger partial charge in [-0.1, -0.05) is 25.4 Å². The SMILES string of the molecule is CC(C)CN1CCN(C(=O)c2n[nH]nc2Nc2ccc(Cl)cc2)CC1. The second kappa shape index (κ2) is 7.84. The van der Waals surface area contributed by atoms with Crippen molar-refractivity contribution in [2.75, 3.05) is 38.0 Å². The van der Waals surface area contributed by atoms with E-state index in [1.54, 1.807) is 12.1 Å². The lowest BCUT2D eigenvalue weighted by Crippen LogP contribution is -2.49. The number of hydrogen-bond donors (Lipinski definition) is 2. The summed E-state index contributed by atoms with van der Waals surface area (Å²) in [6, 6.07) is 7.21. The molecule has 0 radical (unpaired) electrons. The Bertz CT molecular complexity index is 706. The van der Waals surface area contributed by atoms with Crippen LogP contribution in [-0.2, 0) is 0 Å². The second-order valence-electron chi connectivity index (χ2n) is 6.64. The molecular weight excluding hydrogens is 340 g/mol. The van der Waals surface area contributed by atoms with E-state index in [0.29, 0.717) is 35.5 Å². The van der Waals surface area contributed by atoms with Crippen LogP contribution in [0.15, 0.2) is 24.3 Å². The van der Waals surface area contributed by atoms with E-state index in [0.717, 1.165) is 25.3 Å². The summed E-state index contributed by atoms with van der Waals surface area (Å²) in [6.07, 6.45) is 0. The molecule has 1 aliphatic heterocycles. The van der Waals surface area contributed by atoms with Crippen molar-refractivity contribution in [3.8, 4) is 0 Å². The average molecular weight is 363 g/mol. The molecule has 134 valence electrons. The number of halogens is 1. The molecule has 0 saturated carbocycles. The van der Waals surface area contributed by atoms with Crippen LogP contribution in [0.5, 0.6) is 0 Å². The van der Waals surface area contributed by atoms with Crippen molar-refractivity contribution in [3.63, 3.8) is 0 Å². The minimum absolute atomic E-state index is 0.102. The molecule has 2 N–H and O–H groups in total. The summed E-state index contributed by atoms with van der Waals surface area (Å²) in [5.74, 6) is 0.958. The van der Waals surface area contributed by atoms with Crippen LogP contribution in [0.3, 0.4) is 0 Å². The number of rotatable bonds is 5. The lowest BCUT2D eigenvalue weighted by Gasteiger charge is -2.35. The zero-order valence-corrected chi connectivity index (χ0v) is 15.3. The van der Waals surface area contributed by atoms with Crippen molar-refractivity contribution in [2.24, 2.45) is 5.92 Å². The summed E-state index contributed by atoms with van der Waals surface area (Å²) < 4.78 is 0. The van der Waals surface area contributed by atoms with Gasteiger partial charge in [0.1, 0.15) is 0 Å². The number of H-pyrrole nitrogens is 1. The van der Waals surface area contributed by atoms with Crippen molar-refractivity contribution >= 4 is 29.0 Å². The van der Waals surface area contributed by atoms with Crippen molar-refractivity contribution < 1.29 is 4.79 Å². The Hall–Kier alpha value is -2.12. The quantitative estimate of drug-likeness (QED) is 0.855. The third-order valence-corrected chi connectivity index (χ3v) is 4.39. The number of anilines is 2. The summed E-state index contributed by atoms with van der Waals surface area (Å²) in [7, 11) is 0. The van der Waals surface area contributed by atoms with Gasteiger partial charge in [-0.2, -0.15) is 5.21 Å². The Labute approximate surface area is 152 Å². The first-order chi connectivity index (χ1) is 12.0. The van der Waals surface area contributed by atoms with Gasteiger partial charge >= 0.3 is 0 Å². The highest BCUT2D eigenvalue weighted by atomic mass is 35.5. The van der Waals surface area contributed by atoms with Crippen LogP contribution >= 0.6 is 11.6 Å². The molecule has 1 aromatic carbocycles. The summed E-state index contributed by atoms with van der Waals surface area (Å²) in [5.41, 5.74) is 1.11. The van der Waals surface area contributed by atoms with Gasteiger partial charge in [-0.05, 0) is 30.2 Å². The van der Waals surface area contributed by atoms with Gasteiger partial charge in [0.2, 0.25) is 0 Å². The van der Waals surface area contributed by atoms with Crippen LogP contribution in [-0.4, -0.2) is 63.8 Å². The Morgan fingerprint density at radius 3 is 2.52 bits per heavy atom. The Balaban J connectivity index is 1.64. The fourth-order valence-corrected chi connectivity index (χ4v) is 3.06. The summed E-state index contributed by atoms with van der Waals surface area (Å²) in [5, 5.41) is 14.4. The van der Waals surface area contributed by atoms with Crippen LogP contribution in [0.25, 0.3) is 0 Å². The molecule has 3 rings (SSSR count). The number of aromatic amines is 1. The zero-order chi connectivity index (χ0) is 17.8. The molecule has 0 atom stereocenters. The second-order valence-corrected chi connectivity index (χ2v) is 7.08. The van der Waals surface area contributed by atoms with Gasteiger partial charge < -0.3 is 10.2 Å². The topological polar surface area (TPSA) is 77.2 Å². The predicted molar refractivity (Wildman–Crippen MR) is 98.3 cm³/mol. The molecule has 1 aliphatic rings. The zero-order valence-electron chi connectivity index (χ0n) is 14.5. The summed E-state index contributed by atoms with van der Waals surface area (Å²) >= 11 is 5.89. The van der Waals surface area contributed by atoms with Crippen LogP contribution in [0.1, 0.15) is 24.3 Å². The van der Waals surface area contributed by atoms with Gasteiger partial charge in [-0.25, -0.2) is 0 Å². The first-order valence-electron chi connectivity index (χ1n) is 8.48. The number of amides is 1. The Morgan fingerprint density at radius 2 is 1.88 bits per heavy atom. The third kappa shape index (κ3) is 4.49. The highest BCUT2D eigenvalue weighted by molar-refractivity contribution is 6.30. The molecule has 2 heterocycles. The number of nitrogens with one attached hydrogen (secondary N) is 2. The van der Waals surface area contributed by atoms with Gasteiger partial charge in [0.25, 0.3) is 5.91 Å². The first-order valence-corrected chi connectivity index (χ1v) is 8.85. The molecule has 0 spiro atoms. The lowest BCUT2D eigenvalue weighted by molar-refractivity contribution is 0.0619. The van der Waals surface area contributed by atoms with E-state index in [1.165, 1.54) is 0 Å². The molecule has 25 heavy (non-hydrogen) atoms. The van der Waals surface area contributed by atoms with Crippen LogP contribution < -0.4 is 5.32 Å². The lowest BCUT2D eigenvalue weighted by atomic mass is 10.2. The summed E-state index contributed by atoms with van der Waals surface area (Å²) in [6.45, 7) is 8.68. The maximum atomic E-state index is 12.8. The molecule has 0 aliphatic carbocycles. The molecule has 2 aromatic rings. The van der Waals surface area contributed by atoms with E-state index >= 15 is 0 Å². The van der Waals surface area contributed by atoms with Gasteiger partial charge in [0.05, 0.1) is 0 Å². The highest BCUT2D eigenvalue weighted by Crippen LogP contribution is 2.20. The van der Waals surface area contributed by atoms with E-state index < -0.39 is 0 Å². The minimum atomic E-state index is -0.102. The van der Waals surface area contributed by atoms with Crippen molar-refractivity contribution in [2.45, 2.75) is 13.8 Å². The van der Waals surface area contributed by atoms with Gasteiger partial charge in [-0.15, -0.1) is 10.2 Å². The molecule has 7 nitrogen and oxygen atoms in total. The molecule has 1 saturated heterocycles. The van der Waals surface area contributed by atoms with Crippen molar-refractivity contribution in [1.29, 1.82) is 0 Å². The van der Waals surface area contributed by atoms with Crippen LogP contribution in [0, 0.1) is 5.92 Å². The molecule has 8 heteroatoms. The van der Waals surface area contributed by atoms with Crippen LogP contribution in [0.2, 0.25) is 5.02 Å². The van der Waals surface area contributed by atoms with Gasteiger partial charge in [0.15, 0.2) is 11.5 Å². The minimum Gasteiger partial charge on any atom is -0.337 e. The largest absolute Gasteiger partial charge is 0.337 e. The number of carbonyl (C=O) groups excluding carboxylic acids is 1. The standard InChI is InChI=1S/C17H23ClN6O/c1-12(2)11-23-7-9-24(10-8-23)17(25)15-16(21-22-20-15)19-14-5-3-13(18)4-6-14/h3-6,12H,7-11H2,1-2H3,(H2,19,20,21,22). The number of aromatic nitrogens is 3. The number of hydrogen-bond acceptors (Lipinski definition) is 5. The molecule has 0 unspecified atom stereocenters. The maximum absolute atomic E-state index is 12.8. The maximum Gasteiger partial charge on any atom is 0.278 e. The van der Waals surface area contributed by atoms with E-state index in [1.807, 2.05) is 17.0 Å². The van der Waals surface area contributed by atoms with Gasteiger partial charge in [0, 0.05) is 43.4 Å². The molecular formula is C17H23ClN6O. The van der Waals surface area contributed by atoms with Gasteiger partial charge in [-0.3, -0.25) is 9.69 Å².